The van der Waals surface area contributed by atoms with Crippen LogP contribution in [0.1, 0.15) is 30.4 Å². The van der Waals surface area contributed by atoms with E-state index < -0.39 is 0 Å². The van der Waals surface area contributed by atoms with Crippen LogP contribution in [0.15, 0.2) is 48.7 Å². The van der Waals surface area contributed by atoms with Gasteiger partial charge in [-0.25, -0.2) is 4.98 Å². The molecule has 1 aromatic heterocycles. The zero-order chi connectivity index (χ0) is 17.4. The number of nitrogens with one attached hydrogen (secondary N) is 1. The fourth-order valence-electron chi connectivity index (χ4n) is 2.41. The van der Waals surface area contributed by atoms with E-state index in [4.69, 9.17) is 5.26 Å². The van der Waals surface area contributed by atoms with Gasteiger partial charge in [-0.05, 0) is 30.0 Å². The zero-order valence-corrected chi connectivity index (χ0v) is 14.1. The lowest BCUT2D eigenvalue weighted by molar-refractivity contribution is -0.119. The van der Waals surface area contributed by atoms with Gasteiger partial charge in [0.25, 0.3) is 0 Å². The number of carbonyl (C=O) groups is 1. The molecule has 5 heteroatoms. The Morgan fingerprint density at radius 3 is 2.67 bits per heavy atom. The van der Waals surface area contributed by atoms with Gasteiger partial charge >= 0.3 is 0 Å². The summed E-state index contributed by atoms with van der Waals surface area (Å²) in [6.07, 6.45) is 2.40. The van der Waals surface area contributed by atoms with Gasteiger partial charge in [0.1, 0.15) is 11.9 Å². The van der Waals surface area contributed by atoms with Crippen molar-refractivity contribution in [3.05, 3.63) is 59.8 Å². The molecule has 2 rings (SSSR count). The highest BCUT2D eigenvalue weighted by molar-refractivity contribution is 5.80. The maximum absolute atomic E-state index is 12.0. The number of pyridine rings is 1. The molecule has 124 valence electrons. The first-order valence-corrected chi connectivity index (χ1v) is 7.99. The molecule has 1 aromatic carbocycles. The molecular formula is C19H22N4O. The van der Waals surface area contributed by atoms with Crippen molar-refractivity contribution in [2.75, 3.05) is 25.0 Å². The molecule has 5 nitrogen and oxygen atoms in total. The van der Waals surface area contributed by atoms with Crippen LogP contribution in [0.4, 0.5) is 5.82 Å². The molecule has 0 aliphatic rings. The predicted molar refractivity (Wildman–Crippen MR) is 94.7 cm³/mol. The summed E-state index contributed by atoms with van der Waals surface area (Å²) in [5, 5.41) is 11.7. The SMILES string of the molecule is CC(CCNC(=O)CN(C)c1ccc(C#N)cn1)c1ccccc1. The molecule has 1 heterocycles. The Hall–Kier alpha value is -2.87. The Balaban J connectivity index is 1.75. The number of anilines is 1. The van der Waals surface area contributed by atoms with Crippen molar-refractivity contribution in [1.82, 2.24) is 10.3 Å². The zero-order valence-electron chi connectivity index (χ0n) is 14.1. The van der Waals surface area contributed by atoms with Crippen LogP contribution in [0.2, 0.25) is 0 Å². The summed E-state index contributed by atoms with van der Waals surface area (Å²) in [6, 6.07) is 15.7. The number of hydrogen-bond acceptors (Lipinski definition) is 4. The van der Waals surface area contributed by atoms with Crippen molar-refractivity contribution >= 4 is 11.7 Å². The summed E-state index contributed by atoms with van der Waals surface area (Å²) in [7, 11) is 1.81. The second kappa shape index (κ2) is 8.68. The molecule has 1 N–H and O–H groups in total. The van der Waals surface area contributed by atoms with Gasteiger partial charge in [-0.2, -0.15) is 5.26 Å². The van der Waals surface area contributed by atoms with Gasteiger partial charge in [0.2, 0.25) is 5.91 Å². The minimum atomic E-state index is -0.0380. The number of nitrogens with zero attached hydrogens (tertiary/aromatic N) is 3. The van der Waals surface area contributed by atoms with E-state index in [0.717, 1.165) is 6.42 Å². The average molecular weight is 322 g/mol. The molecule has 0 fully saturated rings. The topological polar surface area (TPSA) is 69.0 Å². The van der Waals surface area contributed by atoms with Crippen LogP contribution in [0.5, 0.6) is 0 Å². The summed E-state index contributed by atoms with van der Waals surface area (Å²) >= 11 is 0. The largest absolute Gasteiger partial charge is 0.355 e. The van der Waals surface area contributed by atoms with Crippen molar-refractivity contribution in [2.45, 2.75) is 19.3 Å². The second-order valence-electron chi connectivity index (χ2n) is 5.82. The quantitative estimate of drug-likeness (QED) is 0.851. The Morgan fingerprint density at radius 1 is 1.29 bits per heavy atom. The highest BCUT2D eigenvalue weighted by Gasteiger charge is 2.10. The normalized spacial score (nSPS) is 11.4. The van der Waals surface area contributed by atoms with Crippen molar-refractivity contribution in [3.63, 3.8) is 0 Å². The lowest BCUT2D eigenvalue weighted by Gasteiger charge is -2.18. The Kier molecular flexibility index (Phi) is 6.32. The van der Waals surface area contributed by atoms with Gasteiger partial charge in [0, 0.05) is 19.8 Å². The van der Waals surface area contributed by atoms with E-state index >= 15 is 0 Å². The van der Waals surface area contributed by atoms with Gasteiger partial charge in [0.15, 0.2) is 0 Å². The number of hydrogen-bond donors (Lipinski definition) is 1. The Morgan fingerprint density at radius 2 is 2.04 bits per heavy atom. The van der Waals surface area contributed by atoms with Crippen molar-refractivity contribution in [3.8, 4) is 6.07 Å². The van der Waals surface area contributed by atoms with E-state index in [1.165, 1.54) is 11.8 Å². The fourth-order valence-corrected chi connectivity index (χ4v) is 2.41. The maximum atomic E-state index is 12.0. The molecule has 0 aliphatic carbocycles. The molecule has 0 saturated heterocycles. The smallest absolute Gasteiger partial charge is 0.239 e. The van der Waals surface area contributed by atoms with Gasteiger partial charge < -0.3 is 10.2 Å². The van der Waals surface area contributed by atoms with Gasteiger partial charge in [0.05, 0.1) is 12.1 Å². The molecule has 1 amide bonds. The molecule has 0 bridgehead atoms. The number of carbonyl (C=O) groups excluding carboxylic acids is 1. The molecule has 0 radical (unpaired) electrons. The third-order valence-electron chi connectivity index (χ3n) is 3.92. The summed E-state index contributed by atoms with van der Waals surface area (Å²) in [4.78, 5) is 18.0. The number of rotatable bonds is 7. The summed E-state index contributed by atoms with van der Waals surface area (Å²) in [5.41, 5.74) is 1.79. The molecule has 1 unspecified atom stereocenters. The van der Waals surface area contributed by atoms with Gasteiger partial charge in [-0.1, -0.05) is 37.3 Å². The molecule has 1 atom stereocenters. The number of benzene rings is 1. The molecule has 24 heavy (non-hydrogen) atoms. The number of amides is 1. The minimum absolute atomic E-state index is 0.0380. The highest BCUT2D eigenvalue weighted by Crippen LogP contribution is 2.17. The molecule has 0 spiro atoms. The van der Waals surface area contributed by atoms with E-state index in [2.05, 4.69) is 29.4 Å². The van der Waals surface area contributed by atoms with Crippen molar-refractivity contribution in [1.29, 1.82) is 5.26 Å². The minimum Gasteiger partial charge on any atom is -0.355 e. The highest BCUT2D eigenvalue weighted by atomic mass is 16.2. The summed E-state index contributed by atoms with van der Waals surface area (Å²) < 4.78 is 0. The molecular weight excluding hydrogens is 300 g/mol. The van der Waals surface area contributed by atoms with E-state index in [9.17, 15) is 4.79 Å². The third-order valence-corrected chi connectivity index (χ3v) is 3.92. The van der Waals surface area contributed by atoms with Crippen LogP contribution in [0, 0.1) is 11.3 Å². The monoisotopic (exact) mass is 322 g/mol. The Bertz CT molecular complexity index is 692. The van der Waals surface area contributed by atoms with Crippen LogP contribution in [-0.4, -0.2) is 31.0 Å². The van der Waals surface area contributed by atoms with Crippen LogP contribution >= 0.6 is 0 Å². The Labute approximate surface area is 142 Å². The predicted octanol–water partition coefficient (Wildman–Crippen LogP) is 2.70. The summed E-state index contributed by atoms with van der Waals surface area (Å²) in [6.45, 7) is 3.04. The van der Waals surface area contributed by atoms with E-state index in [1.54, 1.807) is 24.1 Å². The van der Waals surface area contributed by atoms with Crippen molar-refractivity contribution in [2.24, 2.45) is 0 Å². The summed E-state index contributed by atoms with van der Waals surface area (Å²) in [5.74, 6) is 1.04. The van der Waals surface area contributed by atoms with Crippen molar-refractivity contribution < 1.29 is 4.79 Å². The standard InChI is InChI=1S/C19H22N4O/c1-15(17-6-4-3-5-7-17)10-11-21-19(24)14-23(2)18-9-8-16(12-20)13-22-18/h3-9,13,15H,10-11,14H2,1-2H3,(H,21,24). The number of aromatic nitrogens is 1. The first-order valence-electron chi connectivity index (χ1n) is 7.99. The fraction of sp³-hybridized carbons (Fsp3) is 0.316. The van der Waals surface area contributed by atoms with Crippen LogP contribution < -0.4 is 10.2 Å². The lowest BCUT2D eigenvalue weighted by atomic mass is 9.98. The van der Waals surface area contributed by atoms with E-state index in [1.807, 2.05) is 24.3 Å². The van der Waals surface area contributed by atoms with Crippen LogP contribution in [-0.2, 0) is 4.79 Å². The molecule has 2 aromatic rings. The maximum Gasteiger partial charge on any atom is 0.239 e. The van der Waals surface area contributed by atoms with Crippen LogP contribution in [0.25, 0.3) is 0 Å². The first kappa shape index (κ1) is 17.5. The lowest BCUT2D eigenvalue weighted by Crippen LogP contribution is -2.36. The van der Waals surface area contributed by atoms with E-state index in [0.29, 0.717) is 23.8 Å². The average Bonchev–Trinajstić information content (AvgIpc) is 2.62. The number of nitriles is 1. The van der Waals surface area contributed by atoms with Gasteiger partial charge in [-0.15, -0.1) is 0 Å². The molecule has 0 saturated carbocycles. The van der Waals surface area contributed by atoms with Crippen LogP contribution in [0.3, 0.4) is 0 Å². The van der Waals surface area contributed by atoms with Gasteiger partial charge in [-0.3, -0.25) is 4.79 Å². The van der Waals surface area contributed by atoms with E-state index in [-0.39, 0.29) is 12.5 Å². The number of likely N-dealkylation sites (N-methyl/N-ethyl adjacent to an activating group) is 1. The third kappa shape index (κ3) is 5.10. The first-order chi connectivity index (χ1) is 11.6. The second-order valence-corrected chi connectivity index (χ2v) is 5.82. The molecule has 0 aliphatic heterocycles.